The molecule has 8 heteroatoms. The number of benzene rings is 1. The first kappa shape index (κ1) is 19.5. The molecule has 1 amide bonds. The summed E-state index contributed by atoms with van der Waals surface area (Å²) < 4.78 is 15.4. The van der Waals surface area contributed by atoms with E-state index in [2.05, 4.69) is 5.32 Å². The number of ether oxygens (including phenoxy) is 3. The van der Waals surface area contributed by atoms with E-state index < -0.39 is 11.9 Å². The summed E-state index contributed by atoms with van der Waals surface area (Å²) >= 11 is 1.14. The number of aldehydes is 1. The molecule has 1 aromatic heterocycles. The van der Waals surface area contributed by atoms with Crippen molar-refractivity contribution in [3.8, 4) is 11.5 Å². The number of carbonyl (C=O) groups excluding carboxylic acids is 3. The van der Waals surface area contributed by atoms with E-state index in [4.69, 9.17) is 14.2 Å². The number of aryl methyl sites for hydroxylation is 1. The average molecular weight is 377 g/mol. The van der Waals surface area contributed by atoms with Gasteiger partial charge in [-0.05, 0) is 43.7 Å². The van der Waals surface area contributed by atoms with Crippen molar-refractivity contribution in [3.05, 3.63) is 40.3 Å². The Kier molecular flexibility index (Phi) is 6.74. The molecule has 0 bridgehead atoms. The largest absolute Gasteiger partial charge is 0.497 e. The van der Waals surface area contributed by atoms with Crippen LogP contribution in [0.1, 0.15) is 32.5 Å². The van der Waals surface area contributed by atoms with E-state index in [1.54, 1.807) is 32.0 Å². The molecule has 0 saturated carbocycles. The molecule has 0 radical (unpaired) electrons. The molecule has 0 aliphatic rings. The van der Waals surface area contributed by atoms with E-state index in [0.717, 1.165) is 16.9 Å². The van der Waals surface area contributed by atoms with E-state index in [9.17, 15) is 14.4 Å². The monoisotopic (exact) mass is 377 g/mol. The van der Waals surface area contributed by atoms with Crippen LogP contribution < -0.4 is 14.8 Å². The average Bonchev–Trinajstić information content (AvgIpc) is 3.00. The van der Waals surface area contributed by atoms with Crippen LogP contribution >= 0.6 is 11.3 Å². The van der Waals surface area contributed by atoms with Crippen LogP contribution in [0.3, 0.4) is 0 Å². The quantitative estimate of drug-likeness (QED) is 0.562. The van der Waals surface area contributed by atoms with Crippen LogP contribution in [-0.4, -0.2) is 38.5 Å². The molecule has 0 aliphatic heterocycles. The summed E-state index contributed by atoms with van der Waals surface area (Å²) in [5.74, 6) is -0.0232. The highest BCUT2D eigenvalue weighted by molar-refractivity contribution is 7.18. The number of methoxy groups -OCH3 is 1. The number of thiophene rings is 1. The minimum absolute atomic E-state index is 0.279. The number of anilines is 1. The van der Waals surface area contributed by atoms with Crippen LogP contribution in [-0.2, 0) is 9.53 Å². The molecule has 2 aromatic rings. The number of esters is 1. The molecule has 0 unspecified atom stereocenters. The minimum atomic E-state index is -0.416. The van der Waals surface area contributed by atoms with Gasteiger partial charge in [0.15, 0.2) is 12.9 Å². The van der Waals surface area contributed by atoms with Crippen molar-refractivity contribution in [1.82, 2.24) is 0 Å². The second kappa shape index (κ2) is 9.00. The lowest BCUT2D eigenvalue weighted by atomic mass is 10.2. The van der Waals surface area contributed by atoms with Crippen molar-refractivity contribution < 1.29 is 28.6 Å². The lowest BCUT2D eigenvalue weighted by Crippen LogP contribution is -2.20. The number of carbonyl (C=O) groups is 3. The number of amides is 1. The molecular weight excluding hydrogens is 358 g/mol. The first-order valence-electron chi connectivity index (χ1n) is 7.81. The van der Waals surface area contributed by atoms with Gasteiger partial charge in [0.05, 0.1) is 24.3 Å². The number of rotatable bonds is 8. The molecule has 0 atom stereocenters. The van der Waals surface area contributed by atoms with Gasteiger partial charge in [-0.25, -0.2) is 4.79 Å². The molecule has 26 heavy (non-hydrogen) atoms. The van der Waals surface area contributed by atoms with Gasteiger partial charge in [-0.2, -0.15) is 0 Å². The van der Waals surface area contributed by atoms with Gasteiger partial charge in [-0.3, -0.25) is 9.59 Å². The molecule has 0 fully saturated rings. The van der Waals surface area contributed by atoms with Crippen LogP contribution in [0.5, 0.6) is 11.5 Å². The molecular formula is C18H19NO6S. The number of hydrogen-bond donors (Lipinski definition) is 1. The van der Waals surface area contributed by atoms with Gasteiger partial charge < -0.3 is 19.5 Å². The first-order valence-corrected chi connectivity index (χ1v) is 8.63. The maximum atomic E-state index is 12.1. The molecule has 7 nitrogen and oxygen atoms in total. The predicted molar refractivity (Wildman–Crippen MR) is 97.5 cm³/mol. The number of hydrogen-bond acceptors (Lipinski definition) is 7. The van der Waals surface area contributed by atoms with Crippen LogP contribution in [0.15, 0.2) is 24.3 Å². The third-order valence-corrected chi connectivity index (χ3v) is 4.48. The highest BCUT2D eigenvalue weighted by Gasteiger charge is 2.16. The SMILES string of the molecule is CCOC(=O)c1sc(NC(=O)COc2ccc(OC)cc2C=O)cc1C. The van der Waals surface area contributed by atoms with Crippen molar-refractivity contribution in [2.75, 3.05) is 25.6 Å². The zero-order chi connectivity index (χ0) is 19.1. The zero-order valence-corrected chi connectivity index (χ0v) is 15.5. The Bertz CT molecular complexity index is 814. The summed E-state index contributed by atoms with van der Waals surface area (Å²) in [6, 6.07) is 6.41. The van der Waals surface area contributed by atoms with Crippen molar-refractivity contribution >= 4 is 34.5 Å². The van der Waals surface area contributed by atoms with Crippen molar-refractivity contribution in [2.24, 2.45) is 0 Å². The van der Waals surface area contributed by atoms with Gasteiger partial charge >= 0.3 is 5.97 Å². The second-order valence-electron chi connectivity index (χ2n) is 5.20. The Balaban J connectivity index is 1.98. The van der Waals surface area contributed by atoms with E-state index in [1.807, 2.05) is 0 Å². The molecule has 0 spiro atoms. The van der Waals surface area contributed by atoms with Crippen LogP contribution in [0, 0.1) is 6.92 Å². The molecule has 138 valence electrons. The standard InChI is InChI=1S/C18H19NO6S/c1-4-24-18(22)17-11(2)7-16(26-17)19-15(21)10-25-14-6-5-13(23-3)8-12(14)9-20/h5-9H,4,10H2,1-3H3,(H,19,21). The van der Waals surface area contributed by atoms with Gasteiger partial charge in [-0.1, -0.05) is 0 Å². The van der Waals surface area contributed by atoms with Gasteiger partial charge in [0.1, 0.15) is 16.4 Å². The third-order valence-electron chi connectivity index (χ3n) is 3.34. The van der Waals surface area contributed by atoms with E-state index in [-0.39, 0.29) is 24.5 Å². The van der Waals surface area contributed by atoms with Crippen molar-refractivity contribution in [3.63, 3.8) is 0 Å². The lowest BCUT2D eigenvalue weighted by molar-refractivity contribution is -0.118. The summed E-state index contributed by atoms with van der Waals surface area (Å²) in [6.07, 6.45) is 0.629. The molecule has 2 rings (SSSR count). The smallest absolute Gasteiger partial charge is 0.348 e. The maximum Gasteiger partial charge on any atom is 0.348 e. The molecule has 1 N–H and O–H groups in total. The normalized spacial score (nSPS) is 10.1. The van der Waals surface area contributed by atoms with E-state index in [1.165, 1.54) is 13.2 Å². The highest BCUT2D eigenvalue weighted by atomic mass is 32.1. The molecule has 1 aromatic carbocycles. The molecule has 0 saturated heterocycles. The maximum absolute atomic E-state index is 12.1. The van der Waals surface area contributed by atoms with Crippen molar-refractivity contribution in [2.45, 2.75) is 13.8 Å². The third kappa shape index (κ3) is 4.82. The fourth-order valence-electron chi connectivity index (χ4n) is 2.14. The summed E-state index contributed by atoms with van der Waals surface area (Å²) in [4.78, 5) is 35.4. The minimum Gasteiger partial charge on any atom is -0.497 e. The van der Waals surface area contributed by atoms with Crippen LogP contribution in [0.2, 0.25) is 0 Å². The first-order chi connectivity index (χ1) is 12.5. The summed E-state index contributed by atoms with van der Waals surface area (Å²) in [5, 5.41) is 3.18. The molecule has 0 aliphatic carbocycles. The Hall–Kier alpha value is -2.87. The lowest BCUT2D eigenvalue weighted by Gasteiger charge is -2.09. The fraction of sp³-hybridized carbons (Fsp3) is 0.278. The Morgan fingerprint density at radius 1 is 1.27 bits per heavy atom. The van der Waals surface area contributed by atoms with Crippen molar-refractivity contribution in [1.29, 1.82) is 0 Å². The van der Waals surface area contributed by atoms with Crippen LogP contribution in [0.4, 0.5) is 5.00 Å². The zero-order valence-electron chi connectivity index (χ0n) is 14.7. The Morgan fingerprint density at radius 2 is 2.04 bits per heavy atom. The van der Waals surface area contributed by atoms with Gasteiger partial charge in [0.25, 0.3) is 5.91 Å². The summed E-state index contributed by atoms with van der Waals surface area (Å²) in [7, 11) is 1.49. The fourth-order valence-corrected chi connectivity index (χ4v) is 3.12. The van der Waals surface area contributed by atoms with Gasteiger partial charge in [0.2, 0.25) is 0 Å². The van der Waals surface area contributed by atoms with Gasteiger partial charge in [0, 0.05) is 0 Å². The van der Waals surface area contributed by atoms with E-state index >= 15 is 0 Å². The van der Waals surface area contributed by atoms with Crippen LogP contribution in [0.25, 0.3) is 0 Å². The highest BCUT2D eigenvalue weighted by Crippen LogP contribution is 2.27. The summed E-state index contributed by atoms with van der Waals surface area (Å²) in [6.45, 7) is 3.50. The topological polar surface area (TPSA) is 90.9 Å². The number of nitrogens with one attached hydrogen (secondary N) is 1. The second-order valence-corrected chi connectivity index (χ2v) is 6.25. The Morgan fingerprint density at radius 3 is 2.69 bits per heavy atom. The summed E-state index contributed by atoms with van der Waals surface area (Å²) in [5.41, 5.74) is 1.01. The molecule has 1 heterocycles. The van der Waals surface area contributed by atoms with Gasteiger partial charge in [-0.15, -0.1) is 11.3 Å². The Labute approximate surface area is 154 Å². The predicted octanol–water partition coefficient (Wildman–Crippen LogP) is 3.07. The van der Waals surface area contributed by atoms with E-state index in [0.29, 0.717) is 21.9 Å².